The third kappa shape index (κ3) is 3.60. The second-order valence-corrected chi connectivity index (χ2v) is 7.08. The molecule has 1 amide bonds. The van der Waals surface area contributed by atoms with Gasteiger partial charge in [0.05, 0.1) is 17.3 Å². The average Bonchev–Trinajstić information content (AvgIpc) is 2.69. The fourth-order valence-corrected chi connectivity index (χ4v) is 3.68. The fraction of sp³-hybridized carbons (Fsp3) is 0.333. The molecule has 2 aromatic heterocycles. The molecule has 6 heteroatoms. The van der Waals surface area contributed by atoms with Crippen LogP contribution >= 0.6 is 0 Å². The Kier molecular flexibility index (Phi) is 4.71. The van der Waals surface area contributed by atoms with Crippen LogP contribution in [0.3, 0.4) is 0 Å². The van der Waals surface area contributed by atoms with E-state index in [1.54, 1.807) is 18.6 Å². The van der Waals surface area contributed by atoms with Gasteiger partial charge in [-0.15, -0.1) is 0 Å². The molecule has 0 aliphatic carbocycles. The van der Waals surface area contributed by atoms with E-state index in [9.17, 15) is 4.79 Å². The number of pyridine rings is 1. The van der Waals surface area contributed by atoms with Crippen molar-refractivity contribution in [3.8, 4) is 0 Å². The molecule has 0 atom stereocenters. The number of aromatic nitrogens is 3. The zero-order chi connectivity index (χ0) is 18.8. The van der Waals surface area contributed by atoms with Crippen LogP contribution in [0.1, 0.15) is 34.5 Å². The predicted molar refractivity (Wildman–Crippen MR) is 106 cm³/mol. The van der Waals surface area contributed by atoms with Crippen LogP contribution in [0.4, 0.5) is 5.82 Å². The minimum absolute atomic E-state index is 0.0194. The second kappa shape index (κ2) is 7.31. The van der Waals surface area contributed by atoms with Crippen molar-refractivity contribution in [1.29, 1.82) is 0 Å². The molecule has 138 valence electrons. The van der Waals surface area contributed by atoms with Crippen molar-refractivity contribution in [3.05, 3.63) is 59.7 Å². The first-order valence-corrected chi connectivity index (χ1v) is 9.30. The van der Waals surface area contributed by atoms with E-state index in [0.717, 1.165) is 53.9 Å². The first kappa shape index (κ1) is 17.4. The van der Waals surface area contributed by atoms with Crippen molar-refractivity contribution in [2.45, 2.75) is 32.7 Å². The van der Waals surface area contributed by atoms with Gasteiger partial charge in [-0.05, 0) is 38.3 Å². The van der Waals surface area contributed by atoms with Gasteiger partial charge >= 0.3 is 0 Å². The number of amides is 1. The molecule has 1 N–H and O–H groups in total. The highest BCUT2D eigenvalue weighted by molar-refractivity contribution is 6.06. The van der Waals surface area contributed by atoms with Gasteiger partial charge in [0.2, 0.25) is 0 Å². The molecule has 1 fully saturated rings. The summed E-state index contributed by atoms with van der Waals surface area (Å²) in [7, 11) is 0. The predicted octanol–water partition coefficient (Wildman–Crippen LogP) is 3.04. The van der Waals surface area contributed by atoms with Crippen molar-refractivity contribution in [1.82, 2.24) is 20.3 Å². The van der Waals surface area contributed by atoms with Gasteiger partial charge in [-0.25, -0.2) is 4.98 Å². The molecule has 1 aliphatic heterocycles. The highest BCUT2D eigenvalue weighted by Gasteiger charge is 2.23. The minimum atomic E-state index is -0.0194. The Labute approximate surface area is 158 Å². The number of nitrogens with one attached hydrogen (secondary N) is 1. The van der Waals surface area contributed by atoms with Crippen LogP contribution in [0.15, 0.2) is 42.9 Å². The Balaban J connectivity index is 1.48. The highest BCUT2D eigenvalue weighted by Crippen LogP contribution is 2.22. The smallest absolute Gasteiger partial charge is 0.252 e. The average molecular weight is 361 g/mol. The van der Waals surface area contributed by atoms with Crippen LogP contribution in [0, 0.1) is 13.8 Å². The van der Waals surface area contributed by atoms with Crippen LogP contribution in [0.5, 0.6) is 0 Å². The van der Waals surface area contributed by atoms with Gasteiger partial charge in [0.1, 0.15) is 5.82 Å². The summed E-state index contributed by atoms with van der Waals surface area (Å²) in [6.07, 6.45) is 6.96. The molecule has 1 aliphatic rings. The van der Waals surface area contributed by atoms with E-state index >= 15 is 0 Å². The molecule has 27 heavy (non-hydrogen) atoms. The molecule has 0 radical (unpaired) electrons. The molecular formula is C21H23N5O. The highest BCUT2D eigenvalue weighted by atomic mass is 16.1. The standard InChI is InChI=1S/C21H23N5O/c1-14-4-3-5-17-18(12-15(2)24-20(14)17)21(27)25-16-6-10-26(11-7-16)19-13-22-8-9-23-19/h3-5,8-9,12-13,16H,6-7,10-11H2,1-2H3,(H,25,27). The molecule has 1 aromatic carbocycles. The van der Waals surface area contributed by atoms with E-state index in [4.69, 9.17) is 0 Å². The largest absolute Gasteiger partial charge is 0.355 e. The van der Waals surface area contributed by atoms with Crippen molar-refractivity contribution in [3.63, 3.8) is 0 Å². The lowest BCUT2D eigenvalue weighted by atomic mass is 10.0. The Morgan fingerprint density at radius 2 is 2.00 bits per heavy atom. The summed E-state index contributed by atoms with van der Waals surface area (Å²) in [5.41, 5.74) is 3.56. The number of carbonyl (C=O) groups is 1. The third-order valence-electron chi connectivity index (χ3n) is 5.12. The van der Waals surface area contributed by atoms with E-state index in [2.05, 4.69) is 25.2 Å². The summed E-state index contributed by atoms with van der Waals surface area (Å²) >= 11 is 0. The number of hydrogen-bond donors (Lipinski definition) is 1. The van der Waals surface area contributed by atoms with Crippen molar-refractivity contribution in [2.75, 3.05) is 18.0 Å². The molecule has 3 aromatic rings. The van der Waals surface area contributed by atoms with E-state index in [0.29, 0.717) is 5.56 Å². The van der Waals surface area contributed by atoms with Crippen LogP contribution in [0.25, 0.3) is 10.9 Å². The van der Waals surface area contributed by atoms with Crippen LogP contribution in [-0.2, 0) is 0 Å². The number of piperidine rings is 1. The van der Waals surface area contributed by atoms with Gasteiger partial charge in [0, 0.05) is 42.6 Å². The quantitative estimate of drug-likeness (QED) is 0.776. The third-order valence-corrected chi connectivity index (χ3v) is 5.12. The lowest BCUT2D eigenvalue weighted by Crippen LogP contribution is -2.45. The molecule has 0 spiro atoms. The van der Waals surface area contributed by atoms with Crippen molar-refractivity contribution in [2.24, 2.45) is 0 Å². The molecule has 0 bridgehead atoms. The first-order chi connectivity index (χ1) is 13.1. The summed E-state index contributed by atoms with van der Waals surface area (Å²) < 4.78 is 0. The van der Waals surface area contributed by atoms with Gasteiger partial charge in [0.25, 0.3) is 5.91 Å². The van der Waals surface area contributed by atoms with E-state index < -0.39 is 0 Å². The fourth-order valence-electron chi connectivity index (χ4n) is 3.68. The zero-order valence-corrected chi connectivity index (χ0v) is 15.6. The maximum Gasteiger partial charge on any atom is 0.252 e. The number of rotatable bonds is 3. The number of benzene rings is 1. The number of aryl methyl sites for hydroxylation is 2. The van der Waals surface area contributed by atoms with E-state index in [1.807, 2.05) is 38.1 Å². The number of fused-ring (bicyclic) bond motifs is 1. The van der Waals surface area contributed by atoms with Crippen molar-refractivity contribution >= 4 is 22.6 Å². The molecule has 0 unspecified atom stereocenters. The summed E-state index contributed by atoms with van der Waals surface area (Å²) in [5.74, 6) is 0.877. The van der Waals surface area contributed by atoms with Crippen LogP contribution in [0.2, 0.25) is 0 Å². The summed E-state index contributed by atoms with van der Waals surface area (Å²) in [6.45, 7) is 5.68. The van der Waals surface area contributed by atoms with Crippen molar-refractivity contribution < 1.29 is 4.79 Å². The Morgan fingerprint density at radius 3 is 2.74 bits per heavy atom. The number of anilines is 1. The number of nitrogens with zero attached hydrogens (tertiary/aromatic N) is 4. The second-order valence-electron chi connectivity index (χ2n) is 7.08. The van der Waals surface area contributed by atoms with Gasteiger partial charge < -0.3 is 10.2 Å². The summed E-state index contributed by atoms with van der Waals surface area (Å²) in [4.78, 5) is 28.3. The molecule has 1 saturated heterocycles. The van der Waals surface area contributed by atoms with E-state index in [-0.39, 0.29) is 11.9 Å². The number of carbonyl (C=O) groups excluding carboxylic acids is 1. The SMILES string of the molecule is Cc1cc(C(=O)NC2CCN(c3cnccn3)CC2)c2cccc(C)c2n1. The number of hydrogen-bond acceptors (Lipinski definition) is 5. The van der Waals surface area contributed by atoms with Gasteiger partial charge in [-0.2, -0.15) is 0 Å². The first-order valence-electron chi connectivity index (χ1n) is 9.30. The Bertz CT molecular complexity index is 965. The van der Waals surface area contributed by atoms with Gasteiger partial charge in [0.15, 0.2) is 0 Å². The van der Waals surface area contributed by atoms with Gasteiger partial charge in [-0.3, -0.25) is 14.8 Å². The maximum atomic E-state index is 13.0. The molecule has 3 heterocycles. The lowest BCUT2D eigenvalue weighted by molar-refractivity contribution is 0.0932. The monoisotopic (exact) mass is 361 g/mol. The normalized spacial score (nSPS) is 15.1. The van der Waals surface area contributed by atoms with E-state index in [1.165, 1.54) is 0 Å². The van der Waals surface area contributed by atoms with Gasteiger partial charge in [-0.1, -0.05) is 18.2 Å². The summed E-state index contributed by atoms with van der Waals surface area (Å²) in [6, 6.07) is 8.02. The molecule has 6 nitrogen and oxygen atoms in total. The summed E-state index contributed by atoms with van der Waals surface area (Å²) in [5, 5.41) is 4.13. The number of para-hydroxylation sites is 1. The minimum Gasteiger partial charge on any atom is -0.355 e. The van der Waals surface area contributed by atoms with Crippen LogP contribution in [-0.4, -0.2) is 40.0 Å². The zero-order valence-electron chi connectivity index (χ0n) is 15.6. The lowest BCUT2D eigenvalue weighted by Gasteiger charge is -2.33. The molecule has 0 saturated carbocycles. The topological polar surface area (TPSA) is 71.0 Å². The molecule has 4 rings (SSSR count). The molecular weight excluding hydrogens is 338 g/mol. The Morgan fingerprint density at radius 1 is 1.19 bits per heavy atom. The Hall–Kier alpha value is -3.02. The maximum absolute atomic E-state index is 13.0. The van der Waals surface area contributed by atoms with Crippen LogP contribution < -0.4 is 10.2 Å².